The van der Waals surface area contributed by atoms with Gasteiger partial charge >= 0.3 is 6.09 Å². The van der Waals surface area contributed by atoms with Gasteiger partial charge in [0.1, 0.15) is 23.5 Å². The number of nitrogens with one attached hydrogen (secondary N) is 1. The van der Waals surface area contributed by atoms with Gasteiger partial charge in [-0.05, 0) is 25.2 Å². The Kier molecular flexibility index (Phi) is 5.28. The molecular weight excluding hydrogens is 445 g/mol. The van der Waals surface area contributed by atoms with Crippen LogP contribution >= 0.6 is 0 Å². The van der Waals surface area contributed by atoms with Crippen molar-refractivity contribution >= 4 is 34.2 Å². The predicted molar refractivity (Wildman–Crippen MR) is 122 cm³/mol. The highest BCUT2D eigenvalue weighted by Gasteiger charge is 2.47. The number of carbonyl (C=O) groups is 1. The Hall–Kier alpha value is -3.86. The highest BCUT2D eigenvalue weighted by molar-refractivity contribution is 6.00. The van der Waals surface area contributed by atoms with Crippen molar-refractivity contribution < 1.29 is 28.9 Å². The fraction of sp³-hybridized carbons (Fsp3) is 0.348. The lowest BCUT2D eigenvalue weighted by molar-refractivity contribution is 0.00678. The van der Waals surface area contributed by atoms with Gasteiger partial charge in [0.05, 0.1) is 30.5 Å². The summed E-state index contributed by atoms with van der Waals surface area (Å²) in [5.41, 5.74) is 0.356. The van der Waals surface area contributed by atoms with Crippen molar-refractivity contribution in [1.82, 2.24) is 14.9 Å². The molecule has 2 fully saturated rings. The number of aromatic nitrogens is 2. The van der Waals surface area contributed by atoms with Gasteiger partial charge in [0, 0.05) is 37.4 Å². The van der Waals surface area contributed by atoms with Gasteiger partial charge in [-0.2, -0.15) is 0 Å². The molecule has 0 bridgehead atoms. The summed E-state index contributed by atoms with van der Waals surface area (Å²) in [6.45, 7) is 2.06. The molecule has 178 valence electrons. The number of rotatable bonds is 4. The molecule has 2 saturated heterocycles. The van der Waals surface area contributed by atoms with Crippen LogP contribution in [0.2, 0.25) is 0 Å². The van der Waals surface area contributed by atoms with Crippen LogP contribution in [0, 0.1) is 5.82 Å². The second-order valence-electron chi connectivity index (χ2n) is 8.62. The third-order valence-corrected chi connectivity index (χ3v) is 6.44. The largest absolute Gasteiger partial charge is 0.504 e. The second-order valence-corrected chi connectivity index (χ2v) is 8.62. The fourth-order valence-corrected chi connectivity index (χ4v) is 4.42. The van der Waals surface area contributed by atoms with Crippen LogP contribution in [0.4, 0.5) is 26.4 Å². The maximum absolute atomic E-state index is 14.5. The fourth-order valence-electron chi connectivity index (χ4n) is 4.42. The molecule has 10 nitrogen and oxygen atoms in total. The summed E-state index contributed by atoms with van der Waals surface area (Å²) in [5, 5.41) is 22.6. The minimum Gasteiger partial charge on any atom is -0.504 e. The molecule has 3 heterocycles. The monoisotopic (exact) mass is 469 g/mol. The van der Waals surface area contributed by atoms with Crippen LogP contribution in [0.25, 0.3) is 10.9 Å². The van der Waals surface area contributed by atoms with Crippen molar-refractivity contribution in [1.29, 1.82) is 0 Å². The molecule has 0 unspecified atom stereocenters. The zero-order valence-corrected chi connectivity index (χ0v) is 18.7. The molecule has 5 rings (SSSR count). The Labute approximate surface area is 194 Å². The SMILES string of the molecule is COc1cc2ncnc(Nc3ccc(O)c(O)c3F)c2cc1N1CC2(CCN(C)CC2)OC1=O. The van der Waals surface area contributed by atoms with E-state index in [9.17, 15) is 19.4 Å². The topological polar surface area (TPSA) is 120 Å². The van der Waals surface area contributed by atoms with Crippen LogP contribution < -0.4 is 15.0 Å². The van der Waals surface area contributed by atoms with E-state index in [1.807, 2.05) is 7.05 Å². The molecule has 0 radical (unpaired) electrons. The summed E-state index contributed by atoms with van der Waals surface area (Å²) in [5.74, 6) is -1.77. The van der Waals surface area contributed by atoms with Crippen LogP contribution in [0.3, 0.4) is 0 Å². The van der Waals surface area contributed by atoms with Gasteiger partial charge in [-0.1, -0.05) is 0 Å². The van der Waals surface area contributed by atoms with Crippen molar-refractivity contribution in [3.05, 3.63) is 36.4 Å². The van der Waals surface area contributed by atoms with Crippen molar-refractivity contribution in [3.8, 4) is 17.2 Å². The molecule has 3 N–H and O–H groups in total. The first-order chi connectivity index (χ1) is 16.3. The molecule has 2 aromatic carbocycles. The quantitative estimate of drug-likeness (QED) is 0.390. The Morgan fingerprint density at radius 3 is 2.71 bits per heavy atom. The first-order valence-corrected chi connectivity index (χ1v) is 10.8. The zero-order chi connectivity index (χ0) is 24.0. The molecule has 1 spiro atoms. The number of phenols is 2. The maximum Gasteiger partial charge on any atom is 0.415 e. The van der Waals surface area contributed by atoms with Crippen LogP contribution in [-0.4, -0.2) is 70.6 Å². The minimum atomic E-state index is -1.02. The maximum atomic E-state index is 14.5. The molecule has 2 aliphatic rings. The van der Waals surface area contributed by atoms with Gasteiger partial charge in [0.2, 0.25) is 0 Å². The van der Waals surface area contributed by atoms with Crippen molar-refractivity contribution in [2.24, 2.45) is 0 Å². The van der Waals surface area contributed by atoms with E-state index in [-0.39, 0.29) is 11.5 Å². The Morgan fingerprint density at radius 1 is 1.21 bits per heavy atom. The van der Waals surface area contributed by atoms with Gasteiger partial charge in [0.25, 0.3) is 0 Å². The van der Waals surface area contributed by atoms with E-state index in [1.165, 1.54) is 25.6 Å². The van der Waals surface area contributed by atoms with E-state index in [1.54, 1.807) is 17.0 Å². The number of phenolic OH excluding ortho intramolecular Hbond substituents is 2. The Balaban J connectivity index is 1.55. The van der Waals surface area contributed by atoms with Crippen molar-refractivity contribution in [2.75, 3.05) is 44.0 Å². The summed E-state index contributed by atoms with van der Waals surface area (Å²) in [4.78, 5) is 25.1. The number of likely N-dealkylation sites (tertiary alicyclic amines) is 1. The lowest BCUT2D eigenvalue weighted by Gasteiger charge is -2.35. The number of benzene rings is 2. The molecule has 3 aromatic rings. The highest BCUT2D eigenvalue weighted by atomic mass is 19.1. The van der Waals surface area contributed by atoms with Crippen LogP contribution in [-0.2, 0) is 4.74 Å². The van der Waals surface area contributed by atoms with Gasteiger partial charge < -0.3 is 29.9 Å². The molecular formula is C23H24FN5O5. The lowest BCUT2D eigenvalue weighted by atomic mass is 9.91. The highest BCUT2D eigenvalue weighted by Crippen LogP contribution is 2.42. The molecule has 0 aliphatic carbocycles. The third kappa shape index (κ3) is 3.67. The number of piperidine rings is 1. The second kappa shape index (κ2) is 8.17. The van der Waals surface area contributed by atoms with E-state index in [4.69, 9.17) is 9.47 Å². The summed E-state index contributed by atoms with van der Waals surface area (Å²) in [6, 6.07) is 5.82. The van der Waals surface area contributed by atoms with Crippen LogP contribution in [0.1, 0.15) is 12.8 Å². The number of halogens is 1. The summed E-state index contributed by atoms with van der Waals surface area (Å²) >= 11 is 0. The molecule has 11 heteroatoms. The van der Waals surface area contributed by atoms with E-state index in [0.29, 0.717) is 28.9 Å². The number of hydrogen-bond acceptors (Lipinski definition) is 9. The van der Waals surface area contributed by atoms with E-state index >= 15 is 0 Å². The summed E-state index contributed by atoms with van der Waals surface area (Å²) < 4.78 is 25.9. The predicted octanol–water partition coefficient (Wildman–Crippen LogP) is 3.35. The molecule has 1 amide bonds. The van der Waals surface area contributed by atoms with Gasteiger partial charge in [0.15, 0.2) is 17.3 Å². The molecule has 2 aliphatic heterocycles. The van der Waals surface area contributed by atoms with Crippen LogP contribution in [0.15, 0.2) is 30.6 Å². The normalized spacial score (nSPS) is 17.9. The smallest absolute Gasteiger partial charge is 0.415 e. The molecule has 34 heavy (non-hydrogen) atoms. The average Bonchev–Trinajstić information content (AvgIpc) is 3.16. The number of fused-ring (bicyclic) bond motifs is 1. The number of aromatic hydroxyl groups is 2. The Bertz CT molecular complexity index is 1280. The van der Waals surface area contributed by atoms with E-state index in [0.717, 1.165) is 25.9 Å². The van der Waals surface area contributed by atoms with E-state index in [2.05, 4.69) is 20.2 Å². The number of methoxy groups -OCH3 is 1. The Morgan fingerprint density at radius 2 is 1.97 bits per heavy atom. The number of anilines is 3. The number of nitrogens with zero attached hydrogens (tertiary/aromatic N) is 4. The number of ether oxygens (including phenoxy) is 2. The van der Waals surface area contributed by atoms with E-state index < -0.39 is 29.0 Å². The zero-order valence-electron chi connectivity index (χ0n) is 18.7. The van der Waals surface area contributed by atoms with Gasteiger partial charge in [-0.15, -0.1) is 0 Å². The first kappa shape index (κ1) is 22.0. The minimum absolute atomic E-state index is 0.0847. The number of hydrogen-bond donors (Lipinski definition) is 3. The summed E-state index contributed by atoms with van der Waals surface area (Å²) in [7, 11) is 3.55. The molecule has 0 saturated carbocycles. The third-order valence-electron chi connectivity index (χ3n) is 6.44. The summed E-state index contributed by atoms with van der Waals surface area (Å²) in [6.07, 6.45) is 2.32. The van der Waals surface area contributed by atoms with Crippen LogP contribution in [0.5, 0.6) is 17.2 Å². The average molecular weight is 469 g/mol. The molecule has 1 aromatic heterocycles. The number of amides is 1. The first-order valence-electron chi connectivity index (χ1n) is 10.8. The lowest BCUT2D eigenvalue weighted by Crippen LogP contribution is -2.45. The van der Waals surface area contributed by atoms with Gasteiger partial charge in [-0.25, -0.2) is 19.2 Å². The van der Waals surface area contributed by atoms with Gasteiger partial charge in [-0.3, -0.25) is 4.90 Å². The molecule has 0 atom stereocenters. The van der Waals surface area contributed by atoms with Crippen molar-refractivity contribution in [2.45, 2.75) is 18.4 Å². The number of carbonyl (C=O) groups excluding carboxylic acids is 1. The van der Waals surface area contributed by atoms with Crippen molar-refractivity contribution in [3.63, 3.8) is 0 Å². The standard InChI is InChI=1S/C23H24FN5O5/c1-28-7-5-23(6-8-28)11-29(22(32)34-23)16-9-13-15(10-18(16)33-2)25-12-26-21(13)27-14-3-4-17(30)20(31)19(14)24/h3-4,9-10,12,30-31H,5-8,11H2,1-2H3,(H,25,26,27).